The molecule has 1 fully saturated rings. The van der Waals surface area contributed by atoms with E-state index in [1.165, 1.54) is 12.1 Å². The maximum atomic E-state index is 12.7. The van der Waals surface area contributed by atoms with Crippen LogP contribution in [-0.2, 0) is 0 Å². The molecule has 0 spiro atoms. The van der Waals surface area contributed by atoms with E-state index >= 15 is 0 Å². The highest BCUT2D eigenvalue weighted by Gasteiger charge is 2.32. The number of hydrogen-bond acceptors (Lipinski definition) is 4. The maximum Gasteiger partial charge on any atom is 0.573 e. The Labute approximate surface area is 164 Å². The number of ether oxygens (including phenoxy) is 2. The number of carbonyl (C=O) groups excluding carboxylic acids is 1. The fraction of sp³-hybridized carbons (Fsp3) is 0.238. The Bertz CT molecular complexity index is 1030. The number of aromatic nitrogens is 1. The van der Waals surface area contributed by atoms with Crippen molar-refractivity contribution in [1.82, 2.24) is 9.88 Å². The molecule has 4 rings (SSSR count). The minimum atomic E-state index is -4.80. The monoisotopic (exact) mass is 402 g/mol. The third-order valence-corrected chi connectivity index (χ3v) is 4.64. The van der Waals surface area contributed by atoms with Crippen LogP contribution in [0.4, 0.5) is 13.2 Å². The molecule has 2 aromatic carbocycles. The molecule has 5 nitrogen and oxygen atoms in total. The summed E-state index contributed by atoms with van der Waals surface area (Å²) in [5.74, 6) is -0.139. The summed E-state index contributed by atoms with van der Waals surface area (Å²) in [6, 6.07) is 14.5. The molecule has 1 saturated heterocycles. The topological polar surface area (TPSA) is 51.7 Å². The largest absolute Gasteiger partial charge is 0.573 e. The van der Waals surface area contributed by atoms with Gasteiger partial charge >= 0.3 is 6.36 Å². The minimum absolute atomic E-state index is 0.138. The van der Waals surface area contributed by atoms with Crippen molar-refractivity contribution in [2.45, 2.75) is 18.9 Å². The van der Waals surface area contributed by atoms with Gasteiger partial charge in [-0.2, -0.15) is 0 Å². The van der Waals surface area contributed by atoms with Gasteiger partial charge in [0.15, 0.2) is 0 Å². The van der Waals surface area contributed by atoms with E-state index in [-0.39, 0.29) is 17.6 Å². The molecule has 2 heterocycles. The number of amides is 1. The summed E-state index contributed by atoms with van der Waals surface area (Å²) in [6.45, 7) is 0.790. The molecule has 1 aromatic heterocycles. The number of likely N-dealkylation sites (tertiary alicyclic amines) is 1. The summed E-state index contributed by atoms with van der Waals surface area (Å²) in [5, 5.41) is 0.956. The summed E-state index contributed by atoms with van der Waals surface area (Å²) in [7, 11) is 0. The maximum absolute atomic E-state index is 12.7. The van der Waals surface area contributed by atoms with Crippen LogP contribution in [0.1, 0.15) is 16.8 Å². The van der Waals surface area contributed by atoms with Gasteiger partial charge in [-0.15, -0.1) is 13.2 Å². The minimum Gasteiger partial charge on any atom is -0.486 e. The molecular formula is C21H17F3N2O3. The van der Waals surface area contributed by atoms with Crippen molar-refractivity contribution in [3.63, 3.8) is 0 Å². The van der Waals surface area contributed by atoms with Crippen molar-refractivity contribution in [2.24, 2.45) is 0 Å². The molecule has 8 heteroatoms. The van der Waals surface area contributed by atoms with Crippen LogP contribution in [0.2, 0.25) is 0 Å². The first kappa shape index (κ1) is 19.0. The van der Waals surface area contributed by atoms with Crippen LogP contribution in [0.5, 0.6) is 11.5 Å². The highest BCUT2D eigenvalue weighted by atomic mass is 19.4. The van der Waals surface area contributed by atoms with E-state index in [4.69, 9.17) is 4.74 Å². The summed E-state index contributed by atoms with van der Waals surface area (Å²) < 4.78 is 47.2. The van der Waals surface area contributed by atoms with E-state index in [0.717, 1.165) is 23.0 Å². The van der Waals surface area contributed by atoms with Crippen LogP contribution in [0, 0.1) is 0 Å². The molecule has 3 aromatic rings. The molecule has 1 atom stereocenters. The zero-order chi connectivity index (χ0) is 20.4. The van der Waals surface area contributed by atoms with Gasteiger partial charge in [-0.1, -0.05) is 24.3 Å². The van der Waals surface area contributed by atoms with Gasteiger partial charge in [0.25, 0.3) is 5.91 Å². The zero-order valence-corrected chi connectivity index (χ0v) is 15.2. The Morgan fingerprint density at radius 2 is 1.90 bits per heavy atom. The van der Waals surface area contributed by atoms with Gasteiger partial charge < -0.3 is 14.4 Å². The first-order valence-corrected chi connectivity index (χ1v) is 9.04. The van der Waals surface area contributed by atoms with Crippen molar-refractivity contribution in [1.29, 1.82) is 0 Å². The average Bonchev–Trinajstić information content (AvgIpc) is 3.15. The summed E-state index contributed by atoms with van der Waals surface area (Å²) in [5.41, 5.74) is 0.885. The van der Waals surface area contributed by atoms with Crippen molar-refractivity contribution in [3.05, 3.63) is 66.4 Å². The number of fused-ring (bicyclic) bond motifs is 1. The van der Waals surface area contributed by atoms with Crippen LogP contribution in [0.25, 0.3) is 10.9 Å². The molecule has 0 saturated carbocycles. The zero-order valence-electron chi connectivity index (χ0n) is 15.2. The third kappa shape index (κ3) is 4.42. The number of hydrogen-bond donors (Lipinski definition) is 0. The van der Waals surface area contributed by atoms with Gasteiger partial charge in [0.2, 0.25) is 0 Å². The van der Waals surface area contributed by atoms with Crippen LogP contribution in [-0.4, -0.2) is 41.3 Å². The Morgan fingerprint density at radius 3 is 2.72 bits per heavy atom. The molecule has 0 radical (unpaired) electrons. The normalized spacial score (nSPS) is 16.8. The molecule has 29 heavy (non-hydrogen) atoms. The van der Waals surface area contributed by atoms with E-state index in [1.807, 2.05) is 30.3 Å². The number of halogens is 3. The number of rotatable bonds is 4. The van der Waals surface area contributed by atoms with Gasteiger partial charge in [0.05, 0.1) is 6.54 Å². The van der Waals surface area contributed by atoms with Crippen LogP contribution in [0.3, 0.4) is 0 Å². The summed E-state index contributed by atoms with van der Waals surface area (Å²) >= 11 is 0. The molecule has 150 valence electrons. The third-order valence-electron chi connectivity index (χ3n) is 4.64. The first-order valence-electron chi connectivity index (χ1n) is 9.04. The van der Waals surface area contributed by atoms with Gasteiger partial charge in [-0.05, 0) is 30.3 Å². The molecule has 1 aliphatic rings. The van der Waals surface area contributed by atoms with E-state index < -0.39 is 12.1 Å². The Morgan fingerprint density at radius 1 is 1.10 bits per heavy atom. The lowest BCUT2D eigenvalue weighted by molar-refractivity contribution is -0.274. The van der Waals surface area contributed by atoms with Crippen LogP contribution in [0.15, 0.2) is 60.8 Å². The van der Waals surface area contributed by atoms with Crippen LogP contribution >= 0.6 is 0 Å². The number of para-hydroxylation sites is 1. The SMILES string of the molecule is O=C(c1cccc(OC(F)(F)F)c1)N1CCC(Oc2cccc3cccnc23)C1. The Hall–Kier alpha value is -3.29. The molecular weight excluding hydrogens is 385 g/mol. The van der Waals surface area contributed by atoms with E-state index in [2.05, 4.69) is 9.72 Å². The molecule has 1 unspecified atom stereocenters. The molecule has 0 N–H and O–H groups in total. The van der Waals surface area contributed by atoms with Gasteiger partial charge in [-0.25, -0.2) is 0 Å². The first-order chi connectivity index (χ1) is 13.9. The van der Waals surface area contributed by atoms with E-state index in [1.54, 1.807) is 11.1 Å². The second-order valence-corrected chi connectivity index (χ2v) is 6.69. The second kappa shape index (κ2) is 7.62. The smallest absolute Gasteiger partial charge is 0.486 e. The van der Waals surface area contributed by atoms with Gasteiger partial charge in [0.1, 0.15) is 23.1 Å². The van der Waals surface area contributed by atoms with E-state index in [9.17, 15) is 18.0 Å². The molecule has 0 aliphatic carbocycles. The predicted octanol–water partition coefficient (Wildman–Crippen LogP) is 4.43. The summed E-state index contributed by atoms with van der Waals surface area (Å²) in [6.07, 6.45) is -2.72. The van der Waals surface area contributed by atoms with Gasteiger partial charge in [-0.3, -0.25) is 9.78 Å². The predicted molar refractivity (Wildman–Crippen MR) is 99.8 cm³/mol. The van der Waals surface area contributed by atoms with Crippen molar-refractivity contribution < 1.29 is 27.4 Å². The van der Waals surface area contributed by atoms with Crippen molar-refractivity contribution in [3.8, 4) is 11.5 Å². The molecule has 0 bridgehead atoms. The summed E-state index contributed by atoms with van der Waals surface area (Å²) in [4.78, 5) is 18.6. The molecule has 1 amide bonds. The second-order valence-electron chi connectivity index (χ2n) is 6.69. The molecule has 1 aliphatic heterocycles. The standard InChI is InChI=1S/C21H17F3N2O3/c22-21(23,24)29-16-7-1-5-15(12-16)20(27)26-11-9-17(13-26)28-18-8-2-4-14-6-3-10-25-19(14)18/h1-8,10,12,17H,9,11,13H2. The van der Waals surface area contributed by atoms with Crippen LogP contribution < -0.4 is 9.47 Å². The lowest BCUT2D eigenvalue weighted by Gasteiger charge is -2.18. The number of benzene rings is 2. The van der Waals surface area contributed by atoms with Crippen molar-refractivity contribution in [2.75, 3.05) is 13.1 Å². The fourth-order valence-electron chi connectivity index (χ4n) is 3.37. The number of carbonyl (C=O) groups is 1. The Kier molecular flexibility index (Phi) is 5.00. The number of nitrogens with zero attached hydrogens (tertiary/aromatic N) is 2. The number of pyridine rings is 1. The van der Waals surface area contributed by atoms with Gasteiger partial charge in [0, 0.05) is 30.1 Å². The quantitative estimate of drug-likeness (QED) is 0.648. The van der Waals surface area contributed by atoms with Crippen molar-refractivity contribution >= 4 is 16.8 Å². The number of alkyl halides is 3. The Balaban J connectivity index is 1.44. The lowest BCUT2D eigenvalue weighted by Crippen LogP contribution is -2.31. The fourth-order valence-corrected chi connectivity index (χ4v) is 3.37. The average molecular weight is 402 g/mol. The lowest BCUT2D eigenvalue weighted by atomic mass is 10.2. The highest BCUT2D eigenvalue weighted by molar-refractivity contribution is 5.94. The highest BCUT2D eigenvalue weighted by Crippen LogP contribution is 2.27. The van der Waals surface area contributed by atoms with E-state index in [0.29, 0.717) is 25.3 Å².